The first-order valence-electron chi connectivity index (χ1n) is 5.75. The van der Waals surface area contributed by atoms with E-state index in [0.717, 1.165) is 10.9 Å². The lowest BCUT2D eigenvalue weighted by atomic mass is 10.1. The predicted molar refractivity (Wildman–Crippen MR) is 64.1 cm³/mol. The van der Waals surface area contributed by atoms with E-state index in [4.69, 9.17) is 5.11 Å². The first kappa shape index (κ1) is 14.1. The fourth-order valence-corrected chi connectivity index (χ4v) is 1.92. The van der Waals surface area contributed by atoms with Crippen molar-refractivity contribution < 1.29 is 23.1 Å². The Labute approximate surface area is 112 Å². The summed E-state index contributed by atoms with van der Waals surface area (Å²) in [6.45, 7) is -0.0602. The average Bonchev–Trinajstić information content (AvgIpc) is 2.72. The molecule has 0 bridgehead atoms. The van der Waals surface area contributed by atoms with E-state index in [1.165, 1.54) is 0 Å². The van der Waals surface area contributed by atoms with Crippen molar-refractivity contribution in [2.24, 2.45) is 0 Å². The monoisotopic (exact) mass is 284 g/mol. The molecule has 0 fully saturated rings. The molecule has 1 N–H and O–H groups in total. The van der Waals surface area contributed by atoms with Gasteiger partial charge in [0.05, 0.1) is 19.2 Å². The maximum atomic E-state index is 13.0. The Bertz CT molecular complexity index is 606. The Morgan fingerprint density at radius 3 is 2.45 bits per heavy atom. The molecule has 4 nitrogen and oxygen atoms in total. The van der Waals surface area contributed by atoms with Crippen LogP contribution in [0.15, 0.2) is 36.5 Å². The fourth-order valence-electron chi connectivity index (χ4n) is 1.92. The van der Waals surface area contributed by atoms with Gasteiger partial charge in [0.15, 0.2) is 0 Å². The van der Waals surface area contributed by atoms with E-state index in [0.29, 0.717) is 5.56 Å². The summed E-state index contributed by atoms with van der Waals surface area (Å²) in [4.78, 5) is 10.6. The number of nitrogens with zero attached hydrogens (tertiary/aromatic N) is 2. The number of aliphatic carboxylic acids is 1. The highest BCUT2D eigenvalue weighted by molar-refractivity contribution is 5.70. The molecule has 1 aromatic heterocycles. The zero-order valence-electron chi connectivity index (χ0n) is 10.3. The minimum atomic E-state index is -4.64. The smallest absolute Gasteiger partial charge is 0.433 e. The molecule has 0 saturated carbocycles. The van der Waals surface area contributed by atoms with Crippen LogP contribution in [-0.4, -0.2) is 20.9 Å². The van der Waals surface area contributed by atoms with Crippen molar-refractivity contribution in [2.75, 3.05) is 0 Å². The van der Waals surface area contributed by atoms with E-state index < -0.39 is 24.3 Å². The lowest BCUT2D eigenvalue weighted by molar-refractivity contribution is -0.145. The topological polar surface area (TPSA) is 55.1 Å². The number of carboxylic acid groups (broad SMARTS) is 1. The van der Waals surface area contributed by atoms with E-state index >= 15 is 0 Å². The quantitative estimate of drug-likeness (QED) is 0.938. The summed E-state index contributed by atoms with van der Waals surface area (Å²) in [5, 5.41) is 12.3. The summed E-state index contributed by atoms with van der Waals surface area (Å²) in [5.41, 5.74) is -0.687. The number of halogens is 3. The van der Waals surface area contributed by atoms with Gasteiger partial charge in [0.25, 0.3) is 0 Å². The number of hydrogen-bond acceptors (Lipinski definition) is 2. The summed E-state index contributed by atoms with van der Waals surface area (Å²) in [7, 11) is 0. The van der Waals surface area contributed by atoms with Crippen molar-refractivity contribution in [3.63, 3.8) is 0 Å². The van der Waals surface area contributed by atoms with Crippen LogP contribution in [0.1, 0.15) is 16.8 Å². The Morgan fingerprint density at radius 2 is 1.90 bits per heavy atom. The molecule has 1 aromatic carbocycles. The zero-order valence-corrected chi connectivity index (χ0v) is 10.3. The Morgan fingerprint density at radius 1 is 1.25 bits per heavy atom. The third-order valence-electron chi connectivity index (χ3n) is 2.70. The van der Waals surface area contributed by atoms with E-state index in [2.05, 4.69) is 5.10 Å². The van der Waals surface area contributed by atoms with Gasteiger partial charge in [-0.25, -0.2) is 0 Å². The number of benzene rings is 1. The van der Waals surface area contributed by atoms with Crippen molar-refractivity contribution in [1.82, 2.24) is 9.78 Å². The van der Waals surface area contributed by atoms with Crippen LogP contribution >= 0.6 is 0 Å². The Hall–Kier alpha value is -2.31. The summed E-state index contributed by atoms with van der Waals surface area (Å²) in [6, 6.07) is 8.54. The number of carbonyl (C=O) groups is 1. The van der Waals surface area contributed by atoms with Crippen LogP contribution in [0.2, 0.25) is 0 Å². The van der Waals surface area contributed by atoms with Crippen LogP contribution in [-0.2, 0) is 23.9 Å². The number of alkyl halides is 3. The van der Waals surface area contributed by atoms with Gasteiger partial charge in [-0.1, -0.05) is 30.3 Å². The number of rotatable bonds is 4. The predicted octanol–water partition coefficient (Wildman–Crippen LogP) is 2.58. The number of hydrogen-bond donors (Lipinski definition) is 1. The van der Waals surface area contributed by atoms with Gasteiger partial charge in [-0.3, -0.25) is 9.48 Å². The maximum Gasteiger partial charge on any atom is 0.433 e. The lowest BCUT2D eigenvalue weighted by Crippen LogP contribution is -2.18. The van der Waals surface area contributed by atoms with Gasteiger partial charge in [-0.05, 0) is 5.56 Å². The molecule has 0 aliphatic heterocycles. The van der Waals surface area contributed by atoms with Gasteiger partial charge < -0.3 is 5.11 Å². The highest BCUT2D eigenvalue weighted by Crippen LogP contribution is 2.32. The van der Waals surface area contributed by atoms with Crippen LogP contribution in [0.3, 0.4) is 0 Å². The first-order chi connectivity index (χ1) is 9.38. The molecule has 106 valence electrons. The van der Waals surface area contributed by atoms with E-state index in [1.807, 2.05) is 0 Å². The largest absolute Gasteiger partial charge is 0.481 e. The van der Waals surface area contributed by atoms with Crippen LogP contribution in [0.25, 0.3) is 0 Å². The molecule has 2 rings (SSSR count). The molecule has 0 amide bonds. The molecular formula is C13H11F3N2O2. The molecule has 0 unspecified atom stereocenters. The Kier molecular flexibility index (Phi) is 3.78. The van der Waals surface area contributed by atoms with Gasteiger partial charge in [0.2, 0.25) is 0 Å². The van der Waals surface area contributed by atoms with E-state index in [-0.39, 0.29) is 12.1 Å². The molecule has 2 aromatic rings. The minimum Gasteiger partial charge on any atom is -0.481 e. The standard InChI is InChI=1S/C13H11F3N2O2/c14-13(15,16)12-10(6-11(19)20)7-17-18(12)8-9-4-2-1-3-5-9/h1-5,7H,6,8H2,(H,19,20). The highest BCUT2D eigenvalue weighted by atomic mass is 19.4. The first-order valence-corrected chi connectivity index (χ1v) is 5.75. The second kappa shape index (κ2) is 5.36. The second-order valence-electron chi connectivity index (χ2n) is 4.23. The summed E-state index contributed by atoms with van der Waals surface area (Å²) < 4.78 is 39.9. The fraction of sp³-hybridized carbons (Fsp3) is 0.231. The zero-order chi connectivity index (χ0) is 14.8. The van der Waals surface area contributed by atoms with Crippen molar-refractivity contribution in [1.29, 1.82) is 0 Å². The van der Waals surface area contributed by atoms with Gasteiger partial charge >= 0.3 is 12.1 Å². The van der Waals surface area contributed by atoms with E-state index in [1.54, 1.807) is 30.3 Å². The van der Waals surface area contributed by atoms with E-state index in [9.17, 15) is 18.0 Å². The average molecular weight is 284 g/mol. The molecular weight excluding hydrogens is 273 g/mol. The van der Waals surface area contributed by atoms with Crippen molar-refractivity contribution in [3.8, 4) is 0 Å². The normalized spacial score (nSPS) is 11.6. The molecule has 7 heteroatoms. The SMILES string of the molecule is O=C(O)Cc1cnn(Cc2ccccc2)c1C(F)(F)F. The molecule has 1 heterocycles. The molecule has 20 heavy (non-hydrogen) atoms. The van der Waals surface area contributed by atoms with Crippen LogP contribution < -0.4 is 0 Å². The summed E-state index contributed by atoms with van der Waals surface area (Å²) in [6.07, 6.45) is -4.39. The Balaban J connectivity index is 2.38. The van der Waals surface area contributed by atoms with Gasteiger partial charge in [-0.15, -0.1) is 0 Å². The molecule has 0 spiro atoms. The maximum absolute atomic E-state index is 13.0. The van der Waals surface area contributed by atoms with Gasteiger partial charge in [0.1, 0.15) is 5.69 Å². The van der Waals surface area contributed by atoms with Crippen LogP contribution in [0, 0.1) is 0 Å². The van der Waals surface area contributed by atoms with Crippen molar-refractivity contribution in [3.05, 3.63) is 53.3 Å². The van der Waals surface area contributed by atoms with Crippen molar-refractivity contribution in [2.45, 2.75) is 19.1 Å². The van der Waals surface area contributed by atoms with Crippen molar-refractivity contribution >= 4 is 5.97 Å². The number of aromatic nitrogens is 2. The molecule has 0 saturated heterocycles. The summed E-state index contributed by atoms with van der Waals surface area (Å²) in [5.74, 6) is -1.32. The molecule has 0 aliphatic rings. The number of carboxylic acids is 1. The van der Waals surface area contributed by atoms with Gasteiger partial charge in [-0.2, -0.15) is 18.3 Å². The second-order valence-corrected chi connectivity index (χ2v) is 4.23. The van der Waals surface area contributed by atoms with Gasteiger partial charge in [0, 0.05) is 5.56 Å². The minimum absolute atomic E-state index is 0.0602. The third-order valence-corrected chi connectivity index (χ3v) is 2.70. The molecule has 0 radical (unpaired) electrons. The van der Waals surface area contributed by atoms with Crippen LogP contribution in [0.4, 0.5) is 13.2 Å². The lowest BCUT2D eigenvalue weighted by Gasteiger charge is -2.12. The molecule has 0 aliphatic carbocycles. The third kappa shape index (κ3) is 3.17. The molecule has 0 atom stereocenters. The van der Waals surface area contributed by atoms with Crippen LogP contribution in [0.5, 0.6) is 0 Å². The summed E-state index contributed by atoms with van der Waals surface area (Å²) >= 11 is 0. The highest BCUT2D eigenvalue weighted by Gasteiger charge is 2.38.